The predicted octanol–water partition coefficient (Wildman–Crippen LogP) is 3.04. The number of aryl methyl sites for hydroxylation is 1. The van der Waals surface area contributed by atoms with E-state index in [2.05, 4.69) is 24.8 Å². The first kappa shape index (κ1) is 11.8. The Balaban J connectivity index is 2.94. The molecule has 0 saturated heterocycles. The van der Waals surface area contributed by atoms with Crippen LogP contribution in [0.4, 0.5) is 5.69 Å². The number of nitrogens with zero attached hydrogens (tertiary/aromatic N) is 1. The molecule has 0 atom stereocenters. The van der Waals surface area contributed by atoms with Crippen LogP contribution in [0, 0.1) is 6.92 Å². The van der Waals surface area contributed by atoms with Gasteiger partial charge in [0.05, 0.1) is 0 Å². The third-order valence-electron chi connectivity index (χ3n) is 2.62. The molecule has 0 aliphatic carbocycles. The third-order valence-corrected chi connectivity index (χ3v) is 2.62. The zero-order chi connectivity index (χ0) is 11.3. The smallest absolute Gasteiger partial charge is 0.150 e. The fraction of sp³-hybridized carbons (Fsp3) is 0.462. The van der Waals surface area contributed by atoms with E-state index in [1.165, 1.54) is 5.69 Å². The molecule has 0 aliphatic rings. The molecule has 1 rings (SSSR count). The standard InChI is InChI=1S/C13H19NO/c1-4-8-14(5-2)13-7-6-12(10-15)11(3)9-13/h6-7,9-10H,4-5,8H2,1-3H3. The van der Waals surface area contributed by atoms with E-state index >= 15 is 0 Å². The Morgan fingerprint density at radius 3 is 2.53 bits per heavy atom. The van der Waals surface area contributed by atoms with Crippen LogP contribution in [-0.4, -0.2) is 19.4 Å². The second kappa shape index (κ2) is 5.54. The Morgan fingerprint density at radius 2 is 2.07 bits per heavy atom. The zero-order valence-electron chi connectivity index (χ0n) is 9.79. The minimum absolute atomic E-state index is 0.784. The van der Waals surface area contributed by atoms with Crippen LogP contribution >= 0.6 is 0 Å². The van der Waals surface area contributed by atoms with Gasteiger partial charge in [-0.25, -0.2) is 0 Å². The van der Waals surface area contributed by atoms with Gasteiger partial charge in [0.15, 0.2) is 0 Å². The molecule has 0 fully saturated rings. The molecule has 0 saturated carbocycles. The molecule has 0 N–H and O–H groups in total. The number of aldehydes is 1. The minimum Gasteiger partial charge on any atom is -0.372 e. The van der Waals surface area contributed by atoms with Crippen molar-refractivity contribution in [1.82, 2.24) is 0 Å². The highest BCUT2D eigenvalue weighted by Gasteiger charge is 2.04. The molecule has 0 bridgehead atoms. The van der Waals surface area contributed by atoms with Crippen LogP contribution < -0.4 is 4.90 Å². The normalized spacial score (nSPS) is 10.1. The molecule has 0 spiro atoms. The van der Waals surface area contributed by atoms with Crippen molar-refractivity contribution in [2.75, 3.05) is 18.0 Å². The highest BCUT2D eigenvalue weighted by Crippen LogP contribution is 2.18. The van der Waals surface area contributed by atoms with E-state index in [-0.39, 0.29) is 0 Å². The number of rotatable bonds is 5. The second-order valence-electron chi connectivity index (χ2n) is 3.74. The van der Waals surface area contributed by atoms with Gasteiger partial charge in [-0.1, -0.05) is 6.92 Å². The molecule has 1 aromatic rings. The van der Waals surface area contributed by atoms with Crippen LogP contribution in [0.5, 0.6) is 0 Å². The van der Waals surface area contributed by atoms with Gasteiger partial charge in [-0.05, 0) is 44.0 Å². The van der Waals surface area contributed by atoms with Crippen LogP contribution in [0.15, 0.2) is 18.2 Å². The van der Waals surface area contributed by atoms with Gasteiger partial charge in [-0.3, -0.25) is 4.79 Å². The number of benzene rings is 1. The molecular weight excluding hydrogens is 186 g/mol. The summed E-state index contributed by atoms with van der Waals surface area (Å²) in [6.45, 7) is 8.38. The fourth-order valence-electron chi connectivity index (χ4n) is 1.73. The number of hydrogen-bond acceptors (Lipinski definition) is 2. The Hall–Kier alpha value is -1.31. The Labute approximate surface area is 91.9 Å². The Bertz CT molecular complexity index is 333. The van der Waals surface area contributed by atoms with Crippen molar-refractivity contribution < 1.29 is 4.79 Å². The van der Waals surface area contributed by atoms with Crippen molar-refractivity contribution >= 4 is 12.0 Å². The molecule has 0 aliphatic heterocycles. The topological polar surface area (TPSA) is 20.3 Å². The van der Waals surface area contributed by atoms with Crippen LogP contribution in [0.3, 0.4) is 0 Å². The highest BCUT2D eigenvalue weighted by molar-refractivity contribution is 5.78. The SMILES string of the molecule is CCCN(CC)c1ccc(C=O)c(C)c1. The lowest BCUT2D eigenvalue weighted by Crippen LogP contribution is -2.23. The van der Waals surface area contributed by atoms with Gasteiger partial charge >= 0.3 is 0 Å². The lowest BCUT2D eigenvalue weighted by molar-refractivity contribution is 0.112. The van der Waals surface area contributed by atoms with Crippen LogP contribution in [0.2, 0.25) is 0 Å². The lowest BCUT2D eigenvalue weighted by atomic mass is 10.1. The molecule has 0 radical (unpaired) electrons. The van der Waals surface area contributed by atoms with Gasteiger partial charge < -0.3 is 4.90 Å². The van der Waals surface area contributed by atoms with Gasteiger partial charge in [-0.2, -0.15) is 0 Å². The van der Waals surface area contributed by atoms with E-state index in [0.717, 1.165) is 36.9 Å². The summed E-state index contributed by atoms with van der Waals surface area (Å²) in [6, 6.07) is 6.01. The summed E-state index contributed by atoms with van der Waals surface area (Å²) in [5.74, 6) is 0. The van der Waals surface area contributed by atoms with E-state index < -0.39 is 0 Å². The highest BCUT2D eigenvalue weighted by atomic mass is 16.1. The molecule has 2 nitrogen and oxygen atoms in total. The maximum atomic E-state index is 10.7. The zero-order valence-corrected chi connectivity index (χ0v) is 9.79. The van der Waals surface area contributed by atoms with Gasteiger partial charge in [0.1, 0.15) is 6.29 Å². The Morgan fingerprint density at radius 1 is 1.33 bits per heavy atom. The van der Waals surface area contributed by atoms with Gasteiger partial charge in [0.2, 0.25) is 0 Å². The van der Waals surface area contributed by atoms with Gasteiger partial charge in [0, 0.05) is 24.3 Å². The van der Waals surface area contributed by atoms with Crippen molar-refractivity contribution in [3.63, 3.8) is 0 Å². The first-order valence-electron chi connectivity index (χ1n) is 5.53. The van der Waals surface area contributed by atoms with Gasteiger partial charge in [-0.15, -0.1) is 0 Å². The molecule has 0 unspecified atom stereocenters. The van der Waals surface area contributed by atoms with E-state index in [1.54, 1.807) is 0 Å². The largest absolute Gasteiger partial charge is 0.372 e. The first-order valence-corrected chi connectivity index (χ1v) is 5.53. The molecule has 15 heavy (non-hydrogen) atoms. The molecular formula is C13H19NO. The fourth-order valence-corrected chi connectivity index (χ4v) is 1.73. The van der Waals surface area contributed by atoms with E-state index in [4.69, 9.17) is 0 Å². The van der Waals surface area contributed by atoms with E-state index in [1.807, 2.05) is 19.1 Å². The molecule has 0 aromatic heterocycles. The van der Waals surface area contributed by atoms with Crippen molar-refractivity contribution in [1.29, 1.82) is 0 Å². The number of carbonyl (C=O) groups excluding carboxylic acids is 1. The number of hydrogen-bond donors (Lipinski definition) is 0. The molecule has 2 heteroatoms. The third kappa shape index (κ3) is 2.82. The summed E-state index contributed by atoms with van der Waals surface area (Å²) in [5, 5.41) is 0. The monoisotopic (exact) mass is 205 g/mol. The average Bonchev–Trinajstić information content (AvgIpc) is 2.25. The lowest BCUT2D eigenvalue weighted by Gasteiger charge is -2.23. The number of carbonyl (C=O) groups is 1. The predicted molar refractivity (Wildman–Crippen MR) is 64.7 cm³/mol. The second-order valence-corrected chi connectivity index (χ2v) is 3.74. The molecule has 1 aromatic carbocycles. The van der Waals surface area contributed by atoms with Crippen molar-refractivity contribution in [2.45, 2.75) is 27.2 Å². The summed E-state index contributed by atoms with van der Waals surface area (Å²) in [4.78, 5) is 13.0. The summed E-state index contributed by atoms with van der Waals surface area (Å²) in [6.07, 6.45) is 2.05. The van der Waals surface area contributed by atoms with Crippen LogP contribution in [0.1, 0.15) is 36.2 Å². The van der Waals surface area contributed by atoms with Crippen molar-refractivity contribution in [3.8, 4) is 0 Å². The van der Waals surface area contributed by atoms with Gasteiger partial charge in [0.25, 0.3) is 0 Å². The van der Waals surface area contributed by atoms with Crippen LogP contribution in [0.25, 0.3) is 0 Å². The first-order chi connectivity index (χ1) is 7.22. The maximum absolute atomic E-state index is 10.7. The molecule has 0 amide bonds. The average molecular weight is 205 g/mol. The quantitative estimate of drug-likeness (QED) is 0.689. The summed E-state index contributed by atoms with van der Waals surface area (Å²) in [5.41, 5.74) is 3.05. The molecule has 82 valence electrons. The van der Waals surface area contributed by atoms with E-state index in [9.17, 15) is 4.79 Å². The summed E-state index contributed by atoms with van der Waals surface area (Å²) < 4.78 is 0. The summed E-state index contributed by atoms with van der Waals surface area (Å²) >= 11 is 0. The Kier molecular flexibility index (Phi) is 4.35. The van der Waals surface area contributed by atoms with Crippen molar-refractivity contribution in [3.05, 3.63) is 29.3 Å². The van der Waals surface area contributed by atoms with Crippen molar-refractivity contribution in [2.24, 2.45) is 0 Å². The van der Waals surface area contributed by atoms with E-state index in [0.29, 0.717) is 0 Å². The summed E-state index contributed by atoms with van der Waals surface area (Å²) in [7, 11) is 0. The molecule has 0 heterocycles. The minimum atomic E-state index is 0.784. The van der Waals surface area contributed by atoms with Crippen LogP contribution in [-0.2, 0) is 0 Å². The maximum Gasteiger partial charge on any atom is 0.150 e. The number of anilines is 1.